The summed E-state index contributed by atoms with van der Waals surface area (Å²) in [4.78, 5) is 7.44. The molecule has 2 aliphatic heterocycles. The number of benzene rings is 6. The van der Waals surface area contributed by atoms with E-state index in [1.165, 1.54) is 83.7 Å². The molecular formula is C60H69N5+2. The molecule has 5 nitrogen and oxygen atoms in total. The second-order valence-electron chi connectivity index (χ2n) is 20.8. The third-order valence-electron chi connectivity index (χ3n) is 14.1. The van der Waals surface area contributed by atoms with Crippen LogP contribution in [-0.4, -0.2) is 81.1 Å². The summed E-state index contributed by atoms with van der Waals surface area (Å²) in [6, 6.07) is 49.2. The first-order valence-electron chi connectivity index (χ1n) is 23.9. The molecule has 0 saturated heterocycles. The number of rotatable bonds is 14. The highest BCUT2D eigenvalue weighted by Crippen LogP contribution is 2.52. The van der Waals surface area contributed by atoms with Crippen molar-refractivity contribution in [1.82, 2.24) is 4.90 Å². The summed E-state index contributed by atoms with van der Waals surface area (Å²) in [6.07, 6.45) is 14.0. The Labute approximate surface area is 389 Å². The monoisotopic (exact) mass is 860 g/mol. The molecule has 0 bridgehead atoms. The average molecular weight is 860 g/mol. The fraction of sp³-hybridized carbons (Fsp3) is 0.317. The first kappa shape index (κ1) is 44.2. The molecule has 1 aliphatic carbocycles. The van der Waals surface area contributed by atoms with Crippen molar-refractivity contribution in [3.8, 4) is 0 Å². The first-order valence-corrected chi connectivity index (χ1v) is 23.9. The van der Waals surface area contributed by atoms with Crippen LogP contribution < -0.4 is 9.80 Å². The lowest BCUT2D eigenvalue weighted by Gasteiger charge is -2.29. The number of quaternary nitrogens is 1. The van der Waals surface area contributed by atoms with E-state index in [9.17, 15) is 0 Å². The Balaban J connectivity index is 1.21. The third-order valence-corrected chi connectivity index (χ3v) is 14.1. The minimum absolute atomic E-state index is 0.186. The summed E-state index contributed by atoms with van der Waals surface area (Å²) in [5.41, 5.74) is 14.3. The minimum Gasteiger partial charge on any atom is -0.344 e. The van der Waals surface area contributed by atoms with Crippen molar-refractivity contribution in [3.05, 3.63) is 191 Å². The van der Waals surface area contributed by atoms with Crippen molar-refractivity contribution in [2.24, 2.45) is 0 Å². The smallest absolute Gasteiger partial charge is 0.210 e. The molecule has 0 amide bonds. The number of anilines is 3. The molecule has 0 saturated carbocycles. The third kappa shape index (κ3) is 8.53. The molecular weight excluding hydrogens is 791 g/mol. The molecule has 3 aliphatic rings. The van der Waals surface area contributed by atoms with E-state index in [0.717, 1.165) is 56.3 Å². The van der Waals surface area contributed by atoms with Gasteiger partial charge in [0.25, 0.3) is 0 Å². The van der Waals surface area contributed by atoms with E-state index < -0.39 is 0 Å². The first-order chi connectivity index (χ1) is 31.2. The van der Waals surface area contributed by atoms with Gasteiger partial charge in [-0.05, 0) is 134 Å². The van der Waals surface area contributed by atoms with Crippen molar-refractivity contribution in [3.63, 3.8) is 0 Å². The summed E-state index contributed by atoms with van der Waals surface area (Å²) < 4.78 is 3.60. The minimum atomic E-state index is -0.187. The molecule has 0 radical (unpaired) electrons. The Kier molecular flexibility index (Phi) is 12.1. The molecule has 2 heterocycles. The molecule has 0 aromatic heterocycles. The van der Waals surface area contributed by atoms with Gasteiger partial charge in [0.15, 0.2) is 12.3 Å². The Morgan fingerprint density at radius 1 is 0.631 bits per heavy atom. The lowest BCUT2D eigenvalue weighted by atomic mass is 9.79. The maximum atomic E-state index is 2.64. The summed E-state index contributed by atoms with van der Waals surface area (Å²) in [5.74, 6) is 0. The predicted molar refractivity (Wildman–Crippen MR) is 278 cm³/mol. The van der Waals surface area contributed by atoms with Crippen molar-refractivity contribution < 1.29 is 9.06 Å². The van der Waals surface area contributed by atoms with E-state index in [2.05, 4.69) is 240 Å². The Bertz CT molecular complexity index is 2840. The van der Waals surface area contributed by atoms with E-state index in [-0.39, 0.29) is 10.8 Å². The highest BCUT2D eigenvalue weighted by Gasteiger charge is 2.46. The van der Waals surface area contributed by atoms with Crippen LogP contribution in [-0.2, 0) is 10.8 Å². The number of nitrogens with zero attached hydrogens (tertiary/aromatic N) is 5. The van der Waals surface area contributed by atoms with Crippen molar-refractivity contribution in [2.75, 3.05) is 71.2 Å². The van der Waals surface area contributed by atoms with Gasteiger partial charge in [0.2, 0.25) is 5.69 Å². The fourth-order valence-corrected chi connectivity index (χ4v) is 11.0. The van der Waals surface area contributed by atoms with E-state index in [4.69, 9.17) is 0 Å². The van der Waals surface area contributed by atoms with Crippen LogP contribution in [0.15, 0.2) is 180 Å². The fourth-order valence-electron chi connectivity index (χ4n) is 11.0. The molecule has 65 heavy (non-hydrogen) atoms. The van der Waals surface area contributed by atoms with Gasteiger partial charge in [-0.3, -0.25) is 0 Å². The van der Waals surface area contributed by atoms with Crippen molar-refractivity contribution in [1.29, 1.82) is 0 Å². The molecule has 0 unspecified atom stereocenters. The van der Waals surface area contributed by atoms with E-state index in [1.807, 2.05) is 0 Å². The van der Waals surface area contributed by atoms with Gasteiger partial charge in [0.1, 0.15) is 0 Å². The number of fused-ring (bicyclic) bond motifs is 6. The zero-order valence-electron chi connectivity index (χ0n) is 40.4. The van der Waals surface area contributed by atoms with E-state index in [0.29, 0.717) is 0 Å². The highest BCUT2D eigenvalue weighted by molar-refractivity contribution is 6.08. The Hall–Kier alpha value is -6.01. The maximum absolute atomic E-state index is 2.64. The summed E-state index contributed by atoms with van der Waals surface area (Å²) in [6.45, 7) is 13.9. The molecule has 0 fully saturated rings. The SMILES string of the molecule is CN(C)CCCN1/C(=C\C=C2/CCC(/C=C/C3=[N+](CCC[N+](C)(C)C)c4ccc5ccccc5c4C3(C)C)=C2N(c2ccccc2)c2ccccc2)C(C)(C)c2c1ccc1ccccc21. The molecule has 0 N–H and O–H groups in total. The molecule has 0 atom stereocenters. The normalized spacial score (nSPS) is 18.1. The van der Waals surface area contributed by atoms with Crippen LogP contribution in [0.5, 0.6) is 0 Å². The highest BCUT2D eigenvalue weighted by atomic mass is 15.3. The Morgan fingerprint density at radius 2 is 1.23 bits per heavy atom. The molecule has 5 heteroatoms. The molecule has 6 aromatic rings. The van der Waals surface area contributed by atoms with Gasteiger partial charge >= 0.3 is 0 Å². The van der Waals surface area contributed by atoms with Crippen LogP contribution in [0.4, 0.5) is 22.7 Å². The lowest BCUT2D eigenvalue weighted by Crippen LogP contribution is -2.36. The summed E-state index contributed by atoms with van der Waals surface area (Å²) in [5, 5.41) is 5.32. The molecule has 6 aromatic carbocycles. The molecule has 332 valence electrons. The lowest BCUT2D eigenvalue weighted by molar-refractivity contribution is -0.871. The van der Waals surface area contributed by atoms with Gasteiger partial charge in [0, 0.05) is 52.4 Å². The van der Waals surface area contributed by atoms with Crippen LogP contribution in [0, 0.1) is 0 Å². The quantitative estimate of drug-likeness (QED) is 0.0800. The molecule has 0 spiro atoms. The number of hydrogen-bond donors (Lipinski definition) is 0. The standard InChI is InChI=1S/C60H69N5/c1-59(2)54(62(41-20-40-61(5)6)52-36-32-44-22-16-18-28-50(44)56(52)59)38-34-46-30-31-47(58(46)64(48-24-12-10-13-25-48)49-26-14-11-15-27-49)35-39-55-60(3,4)57-51-29-19-17-23-45(51)33-37-53(57)63(55)42-21-43-65(7,8)9/h10-19,22-29,32-39H,20-21,30-31,40-43H2,1-9H3/q+2. The average Bonchev–Trinajstić information content (AvgIpc) is 3.86. The second kappa shape index (κ2) is 17.8. The second-order valence-corrected chi connectivity index (χ2v) is 20.8. The maximum Gasteiger partial charge on any atom is 0.210 e. The molecule has 9 rings (SSSR count). The number of hydrogen-bond acceptors (Lipinski definition) is 3. The van der Waals surface area contributed by atoms with Gasteiger partial charge in [0.05, 0.1) is 45.2 Å². The van der Waals surface area contributed by atoms with Gasteiger partial charge in [-0.25, -0.2) is 0 Å². The number of para-hydroxylation sites is 2. The van der Waals surface area contributed by atoms with E-state index >= 15 is 0 Å². The summed E-state index contributed by atoms with van der Waals surface area (Å²) in [7, 11) is 11.3. The van der Waals surface area contributed by atoms with Gasteiger partial charge in [-0.15, -0.1) is 0 Å². The van der Waals surface area contributed by atoms with Gasteiger partial charge in [-0.2, -0.15) is 4.58 Å². The predicted octanol–water partition coefficient (Wildman–Crippen LogP) is 13.5. The van der Waals surface area contributed by atoms with Crippen LogP contribution in [0.2, 0.25) is 0 Å². The zero-order valence-corrected chi connectivity index (χ0v) is 40.4. The van der Waals surface area contributed by atoms with Gasteiger partial charge < -0.3 is 19.2 Å². The van der Waals surface area contributed by atoms with Crippen LogP contribution >= 0.6 is 0 Å². The van der Waals surface area contributed by atoms with Crippen LogP contribution in [0.1, 0.15) is 64.5 Å². The van der Waals surface area contributed by atoms with Gasteiger partial charge in [-0.1, -0.05) is 117 Å². The van der Waals surface area contributed by atoms with Crippen LogP contribution in [0.25, 0.3) is 21.5 Å². The van der Waals surface area contributed by atoms with E-state index in [1.54, 1.807) is 0 Å². The zero-order chi connectivity index (χ0) is 45.5. The van der Waals surface area contributed by atoms with Crippen molar-refractivity contribution >= 4 is 50.0 Å². The Morgan fingerprint density at radius 3 is 1.86 bits per heavy atom. The largest absolute Gasteiger partial charge is 0.344 e. The van der Waals surface area contributed by atoms with Crippen molar-refractivity contribution in [2.45, 2.75) is 64.2 Å². The summed E-state index contributed by atoms with van der Waals surface area (Å²) >= 11 is 0. The number of allylic oxidation sites excluding steroid dienone is 7. The van der Waals surface area contributed by atoms with Crippen LogP contribution in [0.3, 0.4) is 0 Å². The topological polar surface area (TPSA) is 12.7 Å².